The Hall–Kier alpha value is -1.06. The van der Waals surface area contributed by atoms with Gasteiger partial charge in [0.05, 0.1) is 10.4 Å². The first-order valence-electron chi connectivity index (χ1n) is 4.74. The smallest absolute Gasteiger partial charge is 0.141 e. The summed E-state index contributed by atoms with van der Waals surface area (Å²) in [7, 11) is 0. The van der Waals surface area contributed by atoms with Gasteiger partial charge in [-0.15, -0.1) is 11.6 Å². The standard InChI is InChI=1S/C11H9Cl2FN2/c12-8(6-11-15-3-4-16-11)7-1-2-10(14)9(13)5-7/h1-5,8H,6H2,(H,15,16). The van der Waals surface area contributed by atoms with Gasteiger partial charge in [-0.3, -0.25) is 0 Å². The van der Waals surface area contributed by atoms with Gasteiger partial charge in [0.1, 0.15) is 11.6 Å². The molecule has 1 aromatic carbocycles. The van der Waals surface area contributed by atoms with Crippen LogP contribution in [0.1, 0.15) is 16.8 Å². The Labute approximate surface area is 102 Å². The van der Waals surface area contributed by atoms with Crippen molar-refractivity contribution in [1.29, 1.82) is 0 Å². The highest BCUT2D eigenvalue weighted by molar-refractivity contribution is 6.31. The number of imidazole rings is 1. The first-order chi connectivity index (χ1) is 7.66. The quantitative estimate of drug-likeness (QED) is 0.836. The molecule has 2 rings (SSSR count). The summed E-state index contributed by atoms with van der Waals surface area (Å²) in [6, 6.07) is 4.48. The van der Waals surface area contributed by atoms with Crippen molar-refractivity contribution in [3.8, 4) is 0 Å². The largest absolute Gasteiger partial charge is 0.349 e. The van der Waals surface area contributed by atoms with Crippen LogP contribution < -0.4 is 0 Å². The van der Waals surface area contributed by atoms with E-state index in [1.807, 2.05) is 0 Å². The summed E-state index contributed by atoms with van der Waals surface area (Å²) in [5, 5.41) is -0.188. The molecule has 5 heteroatoms. The Bertz CT molecular complexity index is 471. The fraction of sp³-hybridized carbons (Fsp3) is 0.182. The van der Waals surface area contributed by atoms with Crippen molar-refractivity contribution in [2.45, 2.75) is 11.8 Å². The average molecular weight is 259 g/mol. The minimum Gasteiger partial charge on any atom is -0.349 e. The highest BCUT2D eigenvalue weighted by Gasteiger charge is 2.12. The van der Waals surface area contributed by atoms with E-state index in [-0.39, 0.29) is 10.4 Å². The Kier molecular flexibility index (Phi) is 3.46. The van der Waals surface area contributed by atoms with E-state index in [2.05, 4.69) is 9.97 Å². The lowest BCUT2D eigenvalue weighted by atomic mass is 10.1. The van der Waals surface area contributed by atoms with Crippen LogP contribution in [0.3, 0.4) is 0 Å². The predicted octanol–water partition coefficient (Wildman–Crippen LogP) is 3.72. The molecule has 0 radical (unpaired) electrons. The molecule has 0 saturated carbocycles. The molecule has 1 unspecified atom stereocenters. The minimum atomic E-state index is -0.438. The number of halogens is 3. The third kappa shape index (κ3) is 2.54. The zero-order valence-corrected chi connectivity index (χ0v) is 9.76. The first-order valence-corrected chi connectivity index (χ1v) is 5.55. The van der Waals surface area contributed by atoms with Crippen molar-refractivity contribution in [3.05, 3.63) is 52.8 Å². The molecule has 0 bridgehead atoms. The summed E-state index contributed by atoms with van der Waals surface area (Å²) in [4.78, 5) is 7.04. The second-order valence-corrected chi connectivity index (χ2v) is 4.32. The van der Waals surface area contributed by atoms with Gasteiger partial charge in [-0.05, 0) is 17.7 Å². The van der Waals surface area contributed by atoms with E-state index < -0.39 is 5.82 Å². The van der Waals surface area contributed by atoms with Crippen molar-refractivity contribution in [1.82, 2.24) is 9.97 Å². The van der Waals surface area contributed by atoms with Gasteiger partial charge in [0.15, 0.2) is 0 Å². The molecule has 0 spiro atoms. The zero-order valence-electron chi connectivity index (χ0n) is 8.25. The van der Waals surface area contributed by atoms with Crippen LogP contribution in [0.5, 0.6) is 0 Å². The van der Waals surface area contributed by atoms with E-state index in [4.69, 9.17) is 23.2 Å². The fourth-order valence-electron chi connectivity index (χ4n) is 1.40. The number of rotatable bonds is 3. The van der Waals surface area contributed by atoms with Crippen LogP contribution in [-0.2, 0) is 6.42 Å². The number of H-pyrrole nitrogens is 1. The molecule has 0 amide bonds. The molecular formula is C11H9Cl2FN2. The third-order valence-electron chi connectivity index (χ3n) is 2.23. The second-order valence-electron chi connectivity index (χ2n) is 3.38. The third-order valence-corrected chi connectivity index (χ3v) is 2.93. The Morgan fingerprint density at radius 1 is 1.44 bits per heavy atom. The van der Waals surface area contributed by atoms with Crippen LogP contribution >= 0.6 is 23.2 Å². The number of nitrogens with zero attached hydrogens (tertiary/aromatic N) is 1. The molecule has 0 fully saturated rings. The lowest BCUT2D eigenvalue weighted by Crippen LogP contribution is -1.98. The molecule has 0 aliphatic carbocycles. The van der Waals surface area contributed by atoms with E-state index >= 15 is 0 Å². The van der Waals surface area contributed by atoms with Gasteiger partial charge in [-0.2, -0.15) is 0 Å². The Morgan fingerprint density at radius 2 is 2.25 bits per heavy atom. The van der Waals surface area contributed by atoms with E-state index in [0.717, 1.165) is 11.4 Å². The van der Waals surface area contributed by atoms with Crippen molar-refractivity contribution in [2.24, 2.45) is 0 Å². The number of hydrogen-bond acceptors (Lipinski definition) is 1. The van der Waals surface area contributed by atoms with Crippen LogP contribution in [0.25, 0.3) is 0 Å². The molecule has 1 heterocycles. The summed E-state index contributed by atoms with van der Waals surface area (Å²) < 4.78 is 12.9. The Morgan fingerprint density at radius 3 is 2.88 bits per heavy atom. The molecule has 1 aromatic heterocycles. The Balaban J connectivity index is 2.14. The number of hydrogen-bond donors (Lipinski definition) is 1. The number of nitrogens with one attached hydrogen (secondary N) is 1. The maximum atomic E-state index is 12.9. The van der Waals surface area contributed by atoms with Gasteiger partial charge < -0.3 is 4.98 Å². The molecule has 0 aliphatic rings. The van der Waals surface area contributed by atoms with E-state index in [9.17, 15) is 4.39 Å². The molecule has 0 aliphatic heterocycles. The van der Waals surface area contributed by atoms with Crippen LogP contribution in [0.15, 0.2) is 30.6 Å². The van der Waals surface area contributed by atoms with Crippen molar-refractivity contribution in [2.75, 3.05) is 0 Å². The van der Waals surface area contributed by atoms with E-state index in [1.165, 1.54) is 12.1 Å². The number of benzene rings is 1. The lowest BCUT2D eigenvalue weighted by molar-refractivity contribution is 0.627. The van der Waals surface area contributed by atoms with Crippen LogP contribution in [0.4, 0.5) is 4.39 Å². The van der Waals surface area contributed by atoms with Crippen LogP contribution in [-0.4, -0.2) is 9.97 Å². The number of alkyl halides is 1. The summed E-state index contributed by atoms with van der Waals surface area (Å²) >= 11 is 11.9. The van der Waals surface area contributed by atoms with Gasteiger partial charge in [-0.25, -0.2) is 9.37 Å². The normalized spacial score (nSPS) is 12.7. The van der Waals surface area contributed by atoms with Gasteiger partial charge >= 0.3 is 0 Å². The monoisotopic (exact) mass is 258 g/mol. The molecule has 2 nitrogen and oxygen atoms in total. The highest BCUT2D eigenvalue weighted by atomic mass is 35.5. The second kappa shape index (κ2) is 4.85. The highest BCUT2D eigenvalue weighted by Crippen LogP contribution is 2.27. The maximum absolute atomic E-state index is 12.9. The predicted molar refractivity (Wildman–Crippen MR) is 62.3 cm³/mol. The van der Waals surface area contributed by atoms with Crippen molar-refractivity contribution < 1.29 is 4.39 Å². The minimum absolute atomic E-state index is 0.0857. The van der Waals surface area contributed by atoms with Gasteiger partial charge in [0.25, 0.3) is 0 Å². The maximum Gasteiger partial charge on any atom is 0.141 e. The molecular weight excluding hydrogens is 250 g/mol. The van der Waals surface area contributed by atoms with Crippen LogP contribution in [0, 0.1) is 5.82 Å². The molecule has 16 heavy (non-hydrogen) atoms. The summed E-state index contributed by atoms with van der Waals surface area (Å²) in [5.74, 6) is 0.354. The van der Waals surface area contributed by atoms with Crippen LogP contribution in [0.2, 0.25) is 5.02 Å². The lowest BCUT2D eigenvalue weighted by Gasteiger charge is -2.08. The van der Waals surface area contributed by atoms with E-state index in [1.54, 1.807) is 18.5 Å². The van der Waals surface area contributed by atoms with Crippen molar-refractivity contribution in [3.63, 3.8) is 0 Å². The fourth-order valence-corrected chi connectivity index (χ4v) is 1.88. The summed E-state index contributed by atoms with van der Waals surface area (Å²) in [6.45, 7) is 0. The van der Waals surface area contributed by atoms with E-state index in [0.29, 0.717) is 6.42 Å². The summed E-state index contributed by atoms with van der Waals surface area (Å²) in [5.41, 5.74) is 0.782. The molecule has 84 valence electrons. The van der Waals surface area contributed by atoms with Crippen molar-refractivity contribution >= 4 is 23.2 Å². The number of aromatic nitrogens is 2. The molecule has 2 aromatic rings. The SMILES string of the molecule is Fc1ccc(C(Cl)Cc2ncc[nH]2)cc1Cl. The summed E-state index contributed by atoms with van der Waals surface area (Å²) in [6.07, 6.45) is 3.95. The topological polar surface area (TPSA) is 28.7 Å². The zero-order chi connectivity index (χ0) is 11.5. The number of aromatic amines is 1. The van der Waals surface area contributed by atoms with Gasteiger partial charge in [-0.1, -0.05) is 17.7 Å². The average Bonchev–Trinajstić information content (AvgIpc) is 2.74. The molecule has 1 N–H and O–H groups in total. The first kappa shape index (κ1) is 11.4. The van der Waals surface area contributed by atoms with Gasteiger partial charge in [0.2, 0.25) is 0 Å². The molecule has 1 atom stereocenters. The molecule has 0 saturated heterocycles. The van der Waals surface area contributed by atoms with Gasteiger partial charge in [0, 0.05) is 18.8 Å².